The molecule has 2 aromatic carbocycles. The van der Waals surface area contributed by atoms with E-state index in [2.05, 4.69) is 14.8 Å². The Labute approximate surface area is 153 Å². The van der Waals surface area contributed by atoms with Crippen molar-refractivity contribution in [3.63, 3.8) is 0 Å². The predicted molar refractivity (Wildman–Crippen MR) is 92.8 cm³/mol. The molecule has 0 unspecified atom stereocenters. The van der Waals surface area contributed by atoms with Crippen LogP contribution in [0.1, 0.15) is 5.56 Å². The molecular formula is C15H11Cl2FN4O2S. The van der Waals surface area contributed by atoms with E-state index in [-0.39, 0.29) is 33.3 Å². The second kappa shape index (κ2) is 6.99. The molecule has 130 valence electrons. The Hall–Kier alpha value is -2.16. The Morgan fingerprint density at radius 1 is 1.16 bits per heavy atom. The first-order chi connectivity index (χ1) is 11.8. The van der Waals surface area contributed by atoms with Crippen molar-refractivity contribution in [1.29, 1.82) is 0 Å². The Kier molecular flexibility index (Phi) is 4.94. The molecule has 0 amide bonds. The Morgan fingerprint density at radius 3 is 2.72 bits per heavy atom. The van der Waals surface area contributed by atoms with E-state index in [1.165, 1.54) is 41.3 Å². The number of anilines is 1. The topological polar surface area (TPSA) is 76.9 Å². The van der Waals surface area contributed by atoms with Crippen LogP contribution in [0.3, 0.4) is 0 Å². The molecule has 0 saturated carbocycles. The third-order valence-corrected chi connectivity index (χ3v) is 5.22. The molecule has 1 aromatic heterocycles. The van der Waals surface area contributed by atoms with E-state index in [1.54, 1.807) is 12.1 Å². The first-order valence-electron chi connectivity index (χ1n) is 6.95. The Balaban J connectivity index is 1.80. The van der Waals surface area contributed by atoms with Crippen LogP contribution in [0.4, 0.5) is 10.3 Å². The highest BCUT2D eigenvalue weighted by molar-refractivity contribution is 7.92. The fraction of sp³-hybridized carbons (Fsp3) is 0.0667. The first kappa shape index (κ1) is 17.7. The van der Waals surface area contributed by atoms with Crippen LogP contribution in [-0.4, -0.2) is 23.2 Å². The van der Waals surface area contributed by atoms with Crippen LogP contribution in [0.5, 0.6) is 0 Å². The normalized spacial score (nSPS) is 11.5. The van der Waals surface area contributed by atoms with E-state index in [0.29, 0.717) is 5.56 Å². The van der Waals surface area contributed by atoms with Crippen molar-refractivity contribution >= 4 is 39.2 Å². The maximum Gasteiger partial charge on any atom is 0.265 e. The first-order valence-corrected chi connectivity index (χ1v) is 9.19. The van der Waals surface area contributed by atoms with Gasteiger partial charge in [-0.1, -0.05) is 35.3 Å². The van der Waals surface area contributed by atoms with Gasteiger partial charge in [0.2, 0.25) is 0 Å². The molecule has 0 bridgehead atoms. The van der Waals surface area contributed by atoms with Crippen LogP contribution in [0, 0.1) is 5.82 Å². The maximum absolute atomic E-state index is 13.2. The van der Waals surface area contributed by atoms with E-state index in [4.69, 9.17) is 23.2 Å². The average molecular weight is 401 g/mol. The zero-order chi connectivity index (χ0) is 18.0. The third kappa shape index (κ3) is 4.28. The van der Waals surface area contributed by atoms with Gasteiger partial charge in [-0.3, -0.25) is 0 Å². The minimum absolute atomic E-state index is 0.0242. The summed E-state index contributed by atoms with van der Waals surface area (Å²) in [4.78, 5) is 3.71. The van der Waals surface area contributed by atoms with E-state index < -0.39 is 10.0 Å². The number of nitrogens with zero attached hydrogens (tertiary/aromatic N) is 3. The zero-order valence-corrected chi connectivity index (χ0v) is 14.9. The predicted octanol–water partition coefficient (Wildman–Crippen LogP) is 3.57. The number of halogens is 3. The molecule has 1 heterocycles. The molecular weight excluding hydrogens is 390 g/mol. The highest BCUT2D eigenvalue weighted by atomic mass is 35.5. The molecule has 3 rings (SSSR count). The summed E-state index contributed by atoms with van der Waals surface area (Å²) in [5, 5.41) is 4.27. The van der Waals surface area contributed by atoms with Gasteiger partial charge in [-0.15, -0.1) is 5.10 Å². The fourth-order valence-electron chi connectivity index (χ4n) is 2.10. The molecule has 6 nitrogen and oxygen atoms in total. The molecule has 1 N–H and O–H groups in total. The number of sulfonamides is 1. The lowest BCUT2D eigenvalue weighted by molar-refractivity contribution is 0.600. The summed E-state index contributed by atoms with van der Waals surface area (Å²) >= 11 is 11.7. The monoisotopic (exact) mass is 400 g/mol. The fourth-order valence-corrected chi connectivity index (χ4v) is 3.81. The van der Waals surface area contributed by atoms with E-state index in [0.717, 1.165) is 0 Å². The molecule has 0 radical (unpaired) electrons. The van der Waals surface area contributed by atoms with Crippen LogP contribution in [0.2, 0.25) is 10.0 Å². The summed E-state index contributed by atoms with van der Waals surface area (Å²) < 4.78 is 41.6. The molecule has 0 aliphatic carbocycles. The largest absolute Gasteiger partial charge is 0.265 e. The number of hydrogen-bond donors (Lipinski definition) is 1. The number of aromatic nitrogens is 3. The number of rotatable bonds is 5. The number of nitrogens with one attached hydrogen (secondary N) is 1. The van der Waals surface area contributed by atoms with E-state index >= 15 is 0 Å². The maximum atomic E-state index is 13.2. The van der Waals surface area contributed by atoms with Gasteiger partial charge in [0.05, 0.1) is 11.6 Å². The van der Waals surface area contributed by atoms with Gasteiger partial charge in [0.1, 0.15) is 17.0 Å². The Morgan fingerprint density at radius 2 is 1.96 bits per heavy atom. The van der Waals surface area contributed by atoms with E-state index in [1.807, 2.05) is 0 Å². The summed E-state index contributed by atoms with van der Waals surface area (Å²) in [7, 11) is -4.00. The van der Waals surface area contributed by atoms with Crippen molar-refractivity contribution in [2.75, 3.05) is 4.72 Å². The van der Waals surface area contributed by atoms with Gasteiger partial charge in [-0.2, -0.15) is 4.98 Å². The molecule has 0 fully saturated rings. The van der Waals surface area contributed by atoms with Crippen molar-refractivity contribution < 1.29 is 12.8 Å². The highest BCUT2D eigenvalue weighted by Crippen LogP contribution is 2.26. The third-order valence-electron chi connectivity index (χ3n) is 3.18. The molecule has 0 aliphatic rings. The number of benzene rings is 2. The van der Waals surface area contributed by atoms with Crippen LogP contribution in [-0.2, 0) is 16.6 Å². The zero-order valence-electron chi connectivity index (χ0n) is 12.5. The lowest BCUT2D eigenvalue weighted by Gasteiger charge is -2.07. The smallest absolute Gasteiger partial charge is 0.246 e. The molecule has 25 heavy (non-hydrogen) atoms. The Bertz CT molecular complexity index is 1020. The van der Waals surface area contributed by atoms with Gasteiger partial charge in [0, 0.05) is 5.02 Å². The summed E-state index contributed by atoms with van der Waals surface area (Å²) in [6.45, 7) is 0.240. The van der Waals surface area contributed by atoms with Crippen molar-refractivity contribution in [1.82, 2.24) is 14.8 Å². The highest BCUT2D eigenvalue weighted by Gasteiger charge is 2.20. The quantitative estimate of drug-likeness (QED) is 0.709. The van der Waals surface area contributed by atoms with Gasteiger partial charge in [0.15, 0.2) is 0 Å². The summed E-state index contributed by atoms with van der Waals surface area (Å²) in [6.07, 6.45) is 1.34. The average Bonchev–Trinajstić information content (AvgIpc) is 2.96. The molecule has 0 saturated heterocycles. The minimum atomic E-state index is -4.00. The lowest BCUT2D eigenvalue weighted by atomic mass is 10.2. The second-order valence-corrected chi connectivity index (χ2v) is 7.57. The van der Waals surface area contributed by atoms with Crippen molar-refractivity contribution in [2.45, 2.75) is 11.4 Å². The standard InChI is InChI=1S/C15H11Cl2FN4O2S/c16-11-4-5-13(17)14(7-11)25(23,24)21-15-19-9-22(20-15)8-10-2-1-3-12(18)6-10/h1-7,9H,8H2,(H,20,21). The van der Waals surface area contributed by atoms with Crippen LogP contribution < -0.4 is 4.72 Å². The summed E-state index contributed by atoms with van der Waals surface area (Å²) in [5.74, 6) is -0.499. The van der Waals surface area contributed by atoms with E-state index in [9.17, 15) is 12.8 Å². The molecule has 10 heteroatoms. The molecule has 0 aliphatic heterocycles. The molecule has 0 spiro atoms. The van der Waals surface area contributed by atoms with Gasteiger partial charge in [-0.05, 0) is 35.9 Å². The SMILES string of the molecule is O=S(=O)(Nc1ncn(Cc2cccc(F)c2)n1)c1cc(Cl)ccc1Cl. The minimum Gasteiger partial charge on any atom is -0.246 e. The molecule has 3 aromatic rings. The van der Waals surface area contributed by atoms with Crippen molar-refractivity contribution in [3.8, 4) is 0 Å². The van der Waals surface area contributed by atoms with Crippen LogP contribution >= 0.6 is 23.2 Å². The van der Waals surface area contributed by atoms with Gasteiger partial charge in [0.25, 0.3) is 16.0 Å². The van der Waals surface area contributed by atoms with Crippen molar-refractivity contribution in [3.05, 3.63) is 70.2 Å². The van der Waals surface area contributed by atoms with Gasteiger partial charge < -0.3 is 0 Å². The summed E-state index contributed by atoms with van der Waals surface area (Å²) in [6, 6.07) is 10.1. The lowest BCUT2D eigenvalue weighted by Crippen LogP contribution is -2.15. The van der Waals surface area contributed by atoms with Crippen molar-refractivity contribution in [2.24, 2.45) is 0 Å². The second-order valence-electron chi connectivity index (χ2n) is 5.08. The van der Waals surface area contributed by atoms with Crippen LogP contribution in [0.25, 0.3) is 0 Å². The number of hydrogen-bond acceptors (Lipinski definition) is 4. The van der Waals surface area contributed by atoms with Gasteiger partial charge >= 0.3 is 0 Å². The van der Waals surface area contributed by atoms with Crippen LogP contribution in [0.15, 0.2) is 53.7 Å². The summed E-state index contributed by atoms with van der Waals surface area (Å²) in [5.41, 5.74) is 0.664. The van der Waals surface area contributed by atoms with Gasteiger partial charge in [-0.25, -0.2) is 22.2 Å². The molecule has 0 atom stereocenters.